The number of hydrogen-bond acceptors (Lipinski definition) is 5. The second-order valence-corrected chi connectivity index (χ2v) is 7.00. The van der Waals surface area contributed by atoms with Crippen LogP contribution in [-0.2, 0) is 19.1 Å². The van der Waals surface area contributed by atoms with Gasteiger partial charge in [-0.15, -0.1) is 0 Å². The number of carbonyl (C=O) groups excluding carboxylic acids is 1. The van der Waals surface area contributed by atoms with Gasteiger partial charge in [0.1, 0.15) is 6.61 Å². The Balaban J connectivity index is 3.84. The largest absolute Gasteiger partial charge is 0.481 e. The molecule has 0 atom stereocenters. The smallest absolute Gasteiger partial charge is 0.303 e. The van der Waals surface area contributed by atoms with Crippen LogP contribution in [0.25, 0.3) is 0 Å². The van der Waals surface area contributed by atoms with Crippen LogP contribution in [-0.4, -0.2) is 59.3 Å². The lowest BCUT2D eigenvalue weighted by Crippen LogP contribution is -2.30. The van der Waals surface area contributed by atoms with Crippen molar-refractivity contribution in [1.82, 2.24) is 4.90 Å². The third kappa shape index (κ3) is 20.5. The van der Waals surface area contributed by atoms with E-state index in [1.54, 1.807) is 0 Å². The van der Waals surface area contributed by atoms with Crippen LogP contribution in [0.5, 0.6) is 0 Å². The molecule has 0 saturated heterocycles. The zero-order valence-corrected chi connectivity index (χ0v) is 16.8. The van der Waals surface area contributed by atoms with E-state index >= 15 is 0 Å². The van der Waals surface area contributed by atoms with Gasteiger partial charge in [-0.25, -0.2) is 0 Å². The summed E-state index contributed by atoms with van der Waals surface area (Å²) in [4.78, 5) is 34.2. The maximum absolute atomic E-state index is 10.9. The summed E-state index contributed by atoms with van der Waals surface area (Å²) < 4.78 is 5.04. The van der Waals surface area contributed by atoms with Crippen molar-refractivity contribution < 1.29 is 29.3 Å². The molecule has 0 spiro atoms. The first-order valence-electron chi connectivity index (χ1n) is 10.2. The second kappa shape index (κ2) is 17.8. The molecule has 7 heteroatoms. The molecule has 0 heterocycles. The van der Waals surface area contributed by atoms with E-state index in [1.807, 2.05) is 0 Å². The van der Waals surface area contributed by atoms with Crippen LogP contribution >= 0.6 is 0 Å². The Morgan fingerprint density at radius 2 is 1.07 bits per heavy atom. The van der Waals surface area contributed by atoms with Gasteiger partial charge in [0.05, 0.1) is 0 Å². The van der Waals surface area contributed by atoms with Crippen LogP contribution in [0, 0.1) is 0 Å². The van der Waals surface area contributed by atoms with Crippen LogP contribution in [0.4, 0.5) is 0 Å². The molecule has 0 aliphatic rings. The molecule has 0 aromatic heterocycles. The Hall–Kier alpha value is -1.63. The van der Waals surface area contributed by atoms with Gasteiger partial charge in [-0.2, -0.15) is 0 Å². The maximum atomic E-state index is 10.9. The number of aliphatic carboxylic acids is 2. The molecule has 0 radical (unpaired) electrons. The highest BCUT2D eigenvalue weighted by molar-refractivity contribution is 5.66. The molecule has 0 saturated carbocycles. The summed E-state index contributed by atoms with van der Waals surface area (Å²) in [5.41, 5.74) is 0. The molecule has 0 bridgehead atoms. The summed E-state index contributed by atoms with van der Waals surface area (Å²) in [7, 11) is 0. The van der Waals surface area contributed by atoms with Crippen molar-refractivity contribution in [3.05, 3.63) is 0 Å². The minimum absolute atomic E-state index is 0.251. The highest BCUT2D eigenvalue weighted by atomic mass is 16.5. The Labute approximate surface area is 163 Å². The Morgan fingerprint density at radius 3 is 1.48 bits per heavy atom. The van der Waals surface area contributed by atoms with Gasteiger partial charge in [-0.1, -0.05) is 38.5 Å². The predicted molar refractivity (Wildman–Crippen MR) is 104 cm³/mol. The highest BCUT2D eigenvalue weighted by Crippen LogP contribution is 2.09. The topological polar surface area (TPSA) is 104 Å². The van der Waals surface area contributed by atoms with E-state index in [4.69, 9.17) is 14.9 Å². The van der Waals surface area contributed by atoms with Gasteiger partial charge in [-0.3, -0.25) is 19.3 Å². The Kier molecular flexibility index (Phi) is 16.7. The summed E-state index contributed by atoms with van der Waals surface area (Å²) in [5, 5.41) is 17.2. The van der Waals surface area contributed by atoms with Crippen LogP contribution in [0.15, 0.2) is 0 Å². The molecule has 0 unspecified atom stereocenters. The first-order valence-corrected chi connectivity index (χ1v) is 10.2. The van der Waals surface area contributed by atoms with Gasteiger partial charge in [0.15, 0.2) is 0 Å². The van der Waals surface area contributed by atoms with E-state index in [9.17, 15) is 14.4 Å². The minimum atomic E-state index is -0.727. The zero-order valence-electron chi connectivity index (χ0n) is 16.8. The normalized spacial score (nSPS) is 10.9. The van der Waals surface area contributed by atoms with Crippen LogP contribution in [0.1, 0.15) is 84.0 Å². The van der Waals surface area contributed by atoms with Crippen molar-refractivity contribution in [2.45, 2.75) is 84.0 Å². The van der Waals surface area contributed by atoms with Gasteiger partial charge in [0, 0.05) is 26.3 Å². The molecular formula is C20H37NO6. The third-order valence-corrected chi connectivity index (χ3v) is 4.44. The number of hydrogen-bond donors (Lipinski definition) is 2. The van der Waals surface area contributed by atoms with Crippen LogP contribution < -0.4 is 0 Å². The van der Waals surface area contributed by atoms with E-state index in [0.29, 0.717) is 6.61 Å². The second-order valence-electron chi connectivity index (χ2n) is 7.00. The summed E-state index contributed by atoms with van der Waals surface area (Å²) in [5.74, 6) is -1.71. The maximum Gasteiger partial charge on any atom is 0.303 e. The molecule has 7 nitrogen and oxygen atoms in total. The molecule has 0 fully saturated rings. The fraction of sp³-hybridized carbons (Fsp3) is 0.850. The monoisotopic (exact) mass is 387 g/mol. The Bertz CT molecular complexity index is 385. The predicted octanol–water partition coefficient (Wildman–Crippen LogP) is 3.70. The zero-order chi connectivity index (χ0) is 20.3. The minimum Gasteiger partial charge on any atom is -0.481 e. The Morgan fingerprint density at radius 1 is 0.667 bits per heavy atom. The molecule has 158 valence electrons. The van der Waals surface area contributed by atoms with Crippen molar-refractivity contribution in [3.8, 4) is 0 Å². The van der Waals surface area contributed by atoms with Gasteiger partial charge < -0.3 is 14.9 Å². The quantitative estimate of drug-likeness (QED) is 0.257. The molecule has 0 aliphatic heterocycles. The molecule has 0 amide bonds. The van der Waals surface area contributed by atoms with E-state index < -0.39 is 11.9 Å². The summed E-state index contributed by atoms with van der Waals surface area (Å²) in [6.45, 7) is 4.47. The number of unbranched alkanes of at least 4 members (excludes halogenated alkanes) is 8. The molecule has 27 heavy (non-hydrogen) atoms. The fourth-order valence-corrected chi connectivity index (χ4v) is 2.94. The number of rotatable bonds is 19. The van der Waals surface area contributed by atoms with Crippen LogP contribution in [0.2, 0.25) is 0 Å². The fourth-order valence-electron chi connectivity index (χ4n) is 2.94. The van der Waals surface area contributed by atoms with E-state index in [0.717, 1.165) is 83.8 Å². The standard InChI is InChI=1S/C20H37NO6/c1-18(22)27-17-16-21(14-10-6-2-4-8-12-19(23)24)15-11-7-3-5-9-13-20(25)26/h2-17H2,1H3,(H,23,24)(H,25,26). The van der Waals surface area contributed by atoms with Crippen molar-refractivity contribution in [2.24, 2.45) is 0 Å². The average molecular weight is 388 g/mol. The lowest BCUT2D eigenvalue weighted by Gasteiger charge is -2.22. The van der Waals surface area contributed by atoms with E-state index in [1.165, 1.54) is 6.92 Å². The molecule has 2 N–H and O–H groups in total. The lowest BCUT2D eigenvalue weighted by atomic mass is 10.1. The van der Waals surface area contributed by atoms with Gasteiger partial charge in [0.25, 0.3) is 0 Å². The summed E-state index contributed by atoms with van der Waals surface area (Å²) >= 11 is 0. The molecule has 0 rings (SSSR count). The average Bonchev–Trinajstić information content (AvgIpc) is 2.58. The third-order valence-electron chi connectivity index (χ3n) is 4.44. The number of ether oxygens (including phenoxy) is 1. The van der Waals surface area contributed by atoms with Crippen LogP contribution in [0.3, 0.4) is 0 Å². The SMILES string of the molecule is CC(=O)OCCN(CCCCCCCC(=O)O)CCCCCCCC(=O)O. The van der Waals surface area contributed by atoms with Gasteiger partial charge in [-0.05, 0) is 38.8 Å². The van der Waals surface area contributed by atoms with Crippen molar-refractivity contribution in [2.75, 3.05) is 26.2 Å². The number of nitrogens with zero attached hydrogens (tertiary/aromatic N) is 1. The van der Waals surface area contributed by atoms with Crippen molar-refractivity contribution in [1.29, 1.82) is 0 Å². The molecular weight excluding hydrogens is 350 g/mol. The van der Waals surface area contributed by atoms with E-state index in [2.05, 4.69) is 4.90 Å². The molecule has 0 aromatic carbocycles. The first kappa shape index (κ1) is 25.4. The lowest BCUT2D eigenvalue weighted by molar-refractivity contribution is -0.141. The number of carboxylic acids is 2. The molecule has 0 aliphatic carbocycles. The van der Waals surface area contributed by atoms with Gasteiger partial charge in [0.2, 0.25) is 0 Å². The summed E-state index contributed by atoms with van der Waals surface area (Å²) in [6.07, 6.45) is 10.3. The number of esters is 1. The number of carbonyl (C=O) groups is 3. The van der Waals surface area contributed by atoms with Crippen molar-refractivity contribution >= 4 is 17.9 Å². The van der Waals surface area contributed by atoms with Crippen molar-refractivity contribution in [3.63, 3.8) is 0 Å². The highest BCUT2D eigenvalue weighted by Gasteiger charge is 2.06. The van der Waals surface area contributed by atoms with E-state index in [-0.39, 0.29) is 18.8 Å². The van der Waals surface area contributed by atoms with Gasteiger partial charge >= 0.3 is 17.9 Å². The summed E-state index contributed by atoms with van der Waals surface area (Å²) in [6, 6.07) is 0. The molecule has 0 aromatic rings. The first-order chi connectivity index (χ1) is 12.9. The number of carboxylic acid groups (broad SMARTS) is 2.